The lowest BCUT2D eigenvalue weighted by Gasteiger charge is -2.27. The van der Waals surface area contributed by atoms with Crippen LogP contribution >= 0.6 is 0 Å². The molecule has 0 atom stereocenters. The number of fused-ring (bicyclic) bond motifs is 4. The van der Waals surface area contributed by atoms with Gasteiger partial charge in [0.25, 0.3) is 0 Å². The third-order valence-electron chi connectivity index (χ3n) is 11.8. The van der Waals surface area contributed by atoms with E-state index in [-0.39, 0.29) is 0 Å². The van der Waals surface area contributed by atoms with Crippen molar-refractivity contribution < 1.29 is 0 Å². The molecule has 10 aromatic carbocycles. The highest BCUT2D eigenvalue weighted by Gasteiger charge is 2.20. The number of para-hydroxylation sites is 2. The lowest BCUT2D eigenvalue weighted by atomic mass is 9.92. The summed E-state index contributed by atoms with van der Waals surface area (Å²) in [6, 6.07) is 87.8. The number of hydrogen-bond donors (Lipinski definition) is 0. The van der Waals surface area contributed by atoms with Crippen molar-refractivity contribution >= 4 is 49.6 Å². The van der Waals surface area contributed by atoms with Crippen molar-refractivity contribution in [1.82, 2.24) is 4.57 Å². The second-order valence-electron chi connectivity index (χ2n) is 15.3. The van der Waals surface area contributed by atoms with E-state index in [1.165, 1.54) is 71.5 Å². The molecule has 11 aromatic rings. The summed E-state index contributed by atoms with van der Waals surface area (Å²) in [5.41, 5.74) is 16.4. The Kier molecular flexibility index (Phi) is 8.87. The van der Waals surface area contributed by atoms with E-state index in [9.17, 15) is 0 Å². The number of anilines is 3. The zero-order chi connectivity index (χ0) is 39.8. The van der Waals surface area contributed by atoms with Crippen molar-refractivity contribution in [2.24, 2.45) is 0 Å². The molecule has 0 N–H and O–H groups in total. The van der Waals surface area contributed by atoms with Crippen molar-refractivity contribution in [3.05, 3.63) is 243 Å². The van der Waals surface area contributed by atoms with Gasteiger partial charge in [-0.05, 0) is 92.9 Å². The zero-order valence-electron chi connectivity index (χ0n) is 33.0. The van der Waals surface area contributed by atoms with Gasteiger partial charge in [-0.25, -0.2) is 0 Å². The van der Waals surface area contributed by atoms with Crippen molar-refractivity contribution in [2.75, 3.05) is 4.90 Å². The molecule has 282 valence electrons. The molecular formula is C58H40N2. The van der Waals surface area contributed by atoms with Crippen molar-refractivity contribution in [1.29, 1.82) is 0 Å². The zero-order valence-corrected chi connectivity index (χ0v) is 33.0. The number of hydrogen-bond acceptors (Lipinski definition) is 1. The summed E-state index contributed by atoms with van der Waals surface area (Å²) in [6.07, 6.45) is 0. The first-order chi connectivity index (χ1) is 29.8. The SMILES string of the molecule is c1ccc(-c2ccccc2-c2ccc(N(c3ccc(-c4cccc(-n5c6ccccc6c6ccccc65)c4-c4ccccc4)cc3)c3cccc4ccccc34)cc2)cc1. The fourth-order valence-corrected chi connectivity index (χ4v) is 9.07. The topological polar surface area (TPSA) is 8.17 Å². The highest BCUT2D eigenvalue weighted by atomic mass is 15.1. The van der Waals surface area contributed by atoms with Crippen LogP contribution in [0.5, 0.6) is 0 Å². The highest BCUT2D eigenvalue weighted by Crippen LogP contribution is 2.44. The Morgan fingerprint density at radius 2 is 0.717 bits per heavy atom. The summed E-state index contributed by atoms with van der Waals surface area (Å²) < 4.78 is 2.44. The van der Waals surface area contributed by atoms with Crippen LogP contribution in [0.1, 0.15) is 0 Å². The molecule has 0 saturated carbocycles. The largest absolute Gasteiger partial charge is 0.310 e. The van der Waals surface area contributed by atoms with Crippen LogP contribution in [-0.4, -0.2) is 4.57 Å². The Morgan fingerprint density at radius 1 is 0.283 bits per heavy atom. The molecule has 0 fully saturated rings. The summed E-state index contributed by atoms with van der Waals surface area (Å²) in [7, 11) is 0. The molecule has 0 aliphatic heterocycles. The van der Waals surface area contributed by atoms with E-state index < -0.39 is 0 Å². The highest BCUT2D eigenvalue weighted by molar-refractivity contribution is 6.10. The minimum Gasteiger partial charge on any atom is -0.310 e. The maximum absolute atomic E-state index is 2.44. The van der Waals surface area contributed by atoms with Gasteiger partial charge in [0, 0.05) is 33.1 Å². The van der Waals surface area contributed by atoms with Gasteiger partial charge in [-0.2, -0.15) is 0 Å². The molecule has 0 amide bonds. The van der Waals surface area contributed by atoms with Gasteiger partial charge in [0.2, 0.25) is 0 Å². The number of aromatic nitrogens is 1. The van der Waals surface area contributed by atoms with Crippen LogP contribution < -0.4 is 4.90 Å². The molecule has 11 rings (SSSR count). The smallest absolute Gasteiger partial charge is 0.0546 e. The predicted molar refractivity (Wildman–Crippen MR) is 255 cm³/mol. The van der Waals surface area contributed by atoms with Crippen LogP contribution in [-0.2, 0) is 0 Å². The number of benzene rings is 10. The standard InChI is InChI=1S/C58H40N2/c1-3-17-41(18-4-1)48-23-9-10-24-49(48)43-33-37-46(38-34-43)59(54-31-15-22-42-19-7-8-25-50(42)54)47-39-35-44(36-40-47)51-28-16-32-57(58(51)45-20-5-2-6-21-45)60-55-29-13-11-26-52(55)53-27-12-14-30-56(53)60/h1-40H. The maximum Gasteiger partial charge on any atom is 0.0546 e. The van der Waals surface area contributed by atoms with E-state index in [0.29, 0.717) is 0 Å². The van der Waals surface area contributed by atoms with Crippen molar-refractivity contribution in [3.63, 3.8) is 0 Å². The fourth-order valence-electron chi connectivity index (χ4n) is 9.07. The average molecular weight is 765 g/mol. The van der Waals surface area contributed by atoms with Crippen LogP contribution in [0.4, 0.5) is 17.1 Å². The molecule has 1 aromatic heterocycles. The maximum atomic E-state index is 2.44. The van der Waals surface area contributed by atoms with Gasteiger partial charge >= 0.3 is 0 Å². The van der Waals surface area contributed by atoms with E-state index in [2.05, 4.69) is 252 Å². The minimum atomic E-state index is 1.09. The third-order valence-corrected chi connectivity index (χ3v) is 11.8. The quantitative estimate of drug-likeness (QED) is 0.150. The lowest BCUT2D eigenvalue weighted by Crippen LogP contribution is -2.10. The second kappa shape index (κ2) is 15.1. The van der Waals surface area contributed by atoms with Gasteiger partial charge in [-0.15, -0.1) is 0 Å². The minimum absolute atomic E-state index is 1.09. The Labute approximate surface area is 350 Å². The first-order valence-electron chi connectivity index (χ1n) is 20.6. The van der Waals surface area contributed by atoms with Gasteiger partial charge in [0.15, 0.2) is 0 Å². The molecule has 0 aliphatic carbocycles. The molecule has 0 saturated heterocycles. The van der Waals surface area contributed by atoms with E-state index in [0.717, 1.165) is 28.3 Å². The molecule has 0 aliphatic rings. The van der Waals surface area contributed by atoms with Crippen LogP contribution in [0.3, 0.4) is 0 Å². The number of rotatable bonds is 8. The van der Waals surface area contributed by atoms with E-state index >= 15 is 0 Å². The molecule has 0 radical (unpaired) electrons. The summed E-state index contributed by atoms with van der Waals surface area (Å²) in [5.74, 6) is 0. The van der Waals surface area contributed by atoms with Crippen molar-refractivity contribution in [3.8, 4) is 50.2 Å². The van der Waals surface area contributed by atoms with E-state index in [1.807, 2.05) is 0 Å². The molecule has 60 heavy (non-hydrogen) atoms. The van der Waals surface area contributed by atoms with Gasteiger partial charge in [0.05, 0.1) is 22.4 Å². The first-order valence-corrected chi connectivity index (χ1v) is 20.6. The first kappa shape index (κ1) is 35.2. The van der Waals surface area contributed by atoms with E-state index in [1.54, 1.807) is 0 Å². The van der Waals surface area contributed by atoms with E-state index in [4.69, 9.17) is 0 Å². The third kappa shape index (κ3) is 6.14. The summed E-state index contributed by atoms with van der Waals surface area (Å²) in [5, 5.41) is 4.92. The molecule has 2 nitrogen and oxygen atoms in total. The van der Waals surface area contributed by atoms with Crippen LogP contribution in [0.15, 0.2) is 243 Å². The Hall–Kier alpha value is -7.94. The Bertz CT molecular complexity index is 3230. The molecular weight excluding hydrogens is 725 g/mol. The Balaban J connectivity index is 1.05. The van der Waals surface area contributed by atoms with Crippen LogP contribution in [0, 0.1) is 0 Å². The number of nitrogens with zero attached hydrogens (tertiary/aromatic N) is 2. The molecule has 0 unspecified atom stereocenters. The van der Waals surface area contributed by atoms with Crippen LogP contribution in [0.2, 0.25) is 0 Å². The van der Waals surface area contributed by atoms with Crippen LogP contribution in [0.25, 0.3) is 82.8 Å². The lowest BCUT2D eigenvalue weighted by molar-refractivity contribution is 1.18. The van der Waals surface area contributed by atoms with Crippen molar-refractivity contribution in [2.45, 2.75) is 0 Å². The van der Waals surface area contributed by atoms with Gasteiger partial charge < -0.3 is 9.47 Å². The molecule has 2 heteroatoms. The molecule has 0 bridgehead atoms. The van der Waals surface area contributed by atoms with Gasteiger partial charge in [-0.3, -0.25) is 0 Å². The molecule has 1 heterocycles. The summed E-state index contributed by atoms with van der Waals surface area (Å²) in [6.45, 7) is 0. The normalized spacial score (nSPS) is 11.3. The molecule has 0 spiro atoms. The van der Waals surface area contributed by atoms with Gasteiger partial charge in [-0.1, -0.05) is 194 Å². The van der Waals surface area contributed by atoms with Gasteiger partial charge in [0.1, 0.15) is 0 Å². The Morgan fingerprint density at radius 3 is 1.33 bits per heavy atom. The monoisotopic (exact) mass is 764 g/mol. The average Bonchev–Trinajstić information content (AvgIpc) is 3.67. The summed E-state index contributed by atoms with van der Waals surface area (Å²) in [4.78, 5) is 2.39. The second-order valence-corrected chi connectivity index (χ2v) is 15.3. The fraction of sp³-hybridized carbons (Fsp3) is 0. The summed E-state index contributed by atoms with van der Waals surface area (Å²) >= 11 is 0. The predicted octanol–water partition coefficient (Wildman–Crippen LogP) is 16.1.